The van der Waals surface area contributed by atoms with E-state index < -0.39 is 24.5 Å². The molecule has 3 amide bonds. The summed E-state index contributed by atoms with van der Waals surface area (Å²) in [6.45, 7) is 5.76. The molecule has 1 aromatic rings. The number of benzene rings is 1. The molecule has 0 unspecified atom stereocenters. The number of hydrogen-bond donors (Lipinski definition) is 1. The Morgan fingerprint density at radius 1 is 1.03 bits per heavy atom. The fraction of sp³-hybridized carbons (Fsp3) is 0.583. The van der Waals surface area contributed by atoms with Crippen LogP contribution >= 0.6 is 0 Å². The molecule has 0 radical (unpaired) electrons. The highest BCUT2D eigenvalue weighted by Gasteiger charge is 2.51. The number of amides is 3. The van der Waals surface area contributed by atoms with Crippen molar-refractivity contribution in [3.63, 3.8) is 0 Å². The molecule has 3 rings (SSSR count). The molecule has 1 N–H and O–H groups in total. The minimum atomic E-state index is -1.02. The largest absolute Gasteiger partial charge is 0.454 e. The molecule has 1 aromatic carbocycles. The fourth-order valence-electron chi connectivity index (χ4n) is 4.40. The van der Waals surface area contributed by atoms with Crippen LogP contribution in [0.5, 0.6) is 0 Å². The Morgan fingerprint density at radius 3 is 2.16 bits per heavy atom. The molecule has 7 nitrogen and oxygen atoms in total. The second kappa shape index (κ2) is 10.1. The van der Waals surface area contributed by atoms with Gasteiger partial charge in [0.25, 0.3) is 5.91 Å². The fourth-order valence-corrected chi connectivity index (χ4v) is 4.40. The Kier molecular flexibility index (Phi) is 7.46. The Labute approximate surface area is 183 Å². The first-order chi connectivity index (χ1) is 14.8. The second-order valence-corrected chi connectivity index (χ2v) is 8.82. The van der Waals surface area contributed by atoms with E-state index in [1.165, 1.54) is 12.5 Å². The monoisotopic (exact) mass is 428 g/mol. The number of esters is 1. The van der Waals surface area contributed by atoms with Gasteiger partial charge in [0.15, 0.2) is 6.61 Å². The number of likely N-dealkylation sites (tertiary alicyclic amines) is 1. The zero-order valence-electron chi connectivity index (χ0n) is 18.6. The van der Waals surface area contributed by atoms with Crippen LogP contribution in [-0.2, 0) is 30.3 Å². The second-order valence-electron chi connectivity index (χ2n) is 8.82. The molecule has 3 atom stereocenters. The van der Waals surface area contributed by atoms with E-state index in [2.05, 4.69) is 31.3 Å². The van der Waals surface area contributed by atoms with E-state index in [4.69, 9.17) is 4.74 Å². The number of nitrogens with zero attached hydrogens (tertiary/aromatic N) is 1. The van der Waals surface area contributed by atoms with Gasteiger partial charge in [0.05, 0.1) is 11.8 Å². The maximum Gasteiger partial charge on any atom is 0.329 e. The summed E-state index contributed by atoms with van der Waals surface area (Å²) in [5.74, 6) is -1.86. The Morgan fingerprint density at radius 2 is 1.61 bits per heavy atom. The maximum atomic E-state index is 12.6. The minimum absolute atomic E-state index is 0.285. The van der Waals surface area contributed by atoms with E-state index in [-0.39, 0.29) is 23.7 Å². The predicted octanol–water partition coefficient (Wildman–Crippen LogP) is 2.58. The van der Waals surface area contributed by atoms with Gasteiger partial charge in [-0.1, -0.05) is 51.0 Å². The van der Waals surface area contributed by atoms with Crippen molar-refractivity contribution in [1.29, 1.82) is 0 Å². The molecule has 0 bridgehead atoms. The van der Waals surface area contributed by atoms with Crippen LogP contribution in [0, 0.1) is 11.8 Å². The minimum Gasteiger partial charge on any atom is -0.454 e. The lowest BCUT2D eigenvalue weighted by Gasteiger charge is -2.21. The Balaban J connectivity index is 1.42. The van der Waals surface area contributed by atoms with Crippen LogP contribution in [0.2, 0.25) is 0 Å². The number of carbonyl (C=O) groups is 4. The SMILES string of the molecule is CC(C)c1ccc(CCNC(=O)COC(=O)[C@H](C)N2C(=O)[C@H]3CCCC[C@@H]3C2=O)cc1. The number of rotatable bonds is 8. The van der Waals surface area contributed by atoms with Gasteiger partial charge in [-0.25, -0.2) is 4.79 Å². The lowest BCUT2D eigenvalue weighted by atomic mass is 9.81. The van der Waals surface area contributed by atoms with Crippen molar-refractivity contribution in [3.05, 3.63) is 35.4 Å². The van der Waals surface area contributed by atoms with Gasteiger partial charge in [0, 0.05) is 6.54 Å². The van der Waals surface area contributed by atoms with Crippen LogP contribution < -0.4 is 5.32 Å². The maximum absolute atomic E-state index is 12.6. The summed E-state index contributed by atoms with van der Waals surface area (Å²) in [6.07, 6.45) is 3.91. The first-order valence-corrected chi connectivity index (χ1v) is 11.2. The summed E-state index contributed by atoms with van der Waals surface area (Å²) < 4.78 is 5.08. The third kappa shape index (κ3) is 5.32. The van der Waals surface area contributed by atoms with Crippen LogP contribution in [-0.4, -0.2) is 47.8 Å². The van der Waals surface area contributed by atoms with Gasteiger partial charge in [-0.2, -0.15) is 0 Å². The van der Waals surface area contributed by atoms with Gasteiger partial charge in [-0.05, 0) is 43.2 Å². The van der Waals surface area contributed by atoms with Crippen LogP contribution in [0.3, 0.4) is 0 Å². The molecular weight excluding hydrogens is 396 g/mol. The first-order valence-electron chi connectivity index (χ1n) is 11.2. The average Bonchev–Trinajstić information content (AvgIpc) is 3.02. The van der Waals surface area contributed by atoms with E-state index in [9.17, 15) is 19.2 Å². The Hall–Kier alpha value is -2.70. The van der Waals surface area contributed by atoms with Gasteiger partial charge >= 0.3 is 5.97 Å². The summed E-state index contributed by atoms with van der Waals surface area (Å²) in [5.41, 5.74) is 2.38. The zero-order valence-corrected chi connectivity index (χ0v) is 18.6. The standard InChI is InChI=1S/C24H32N2O5/c1-15(2)18-10-8-17(9-11-18)12-13-25-21(27)14-31-24(30)16(3)26-22(28)19-6-4-5-7-20(19)23(26)29/h8-11,15-16,19-20H,4-7,12-14H2,1-3H3,(H,25,27)/t16-,19-,20-/m0/s1. The molecule has 0 aromatic heterocycles. The number of imide groups is 1. The summed E-state index contributed by atoms with van der Waals surface area (Å²) in [5, 5.41) is 2.73. The van der Waals surface area contributed by atoms with Gasteiger partial charge in [0.2, 0.25) is 11.8 Å². The van der Waals surface area contributed by atoms with E-state index in [0.717, 1.165) is 23.3 Å². The summed E-state index contributed by atoms with van der Waals surface area (Å²) >= 11 is 0. The van der Waals surface area contributed by atoms with E-state index >= 15 is 0 Å². The molecule has 1 saturated heterocycles. The third-order valence-electron chi connectivity index (χ3n) is 6.33. The topological polar surface area (TPSA) is 92.8 Å². The Bertz CT molecular complexity index is 809. The molecule has 1 saturated carbocycles. The van der Waals surface area contributed by atoms with Crippen molar-refractivity contribution in [2.45, 2.75) is 64.8 Å². The number of carbonyl (C=O) groups excluding carboxylic acids is 4. The highest BCUT2D eigenvalue weighted by atomic mass is 16.5. The first kappa shape index (κ1) is 23.0. The number of ether oxygens (including phenoxy) is 1. The summed E-state index contributed by atoms with van der Waals surface area (Å²) in [7, 11) is 0. The molecule has 7 heteroatoms. The third-order valence-corrected chi connectivity index (χ3v) is 6.33. The van der Waals surface area contributed by atoms with Crippen molar-refractivity contribution >= 4 is 23.7 Å². The van der Waals surface area contributed by atoms with Gasteiger partial charge in [-0.15, -0.1) is 0 Å². The molecule has 2 fully saturated rings. The van der Waals surface area contributed by atoms with Crippen LogP contribution in [0.25, 0.3) is 0 Å². The lowest BCUT2D eigenvalue weighted by molar-refractivity contribution is -0.159. The normalized spacial score (nSPS) is 21.7. The molecular formula is C24H32N2O5. The molecule has 168 valence electrons. The highest BCUT2D eigenvalue weighted by molar-refractivity contribution is 6.07. The number of fused-ring (bicyclic) bond motifs is 1. The molecule has 1 aliphatic carbocycles. The van der Waals surface area contributed by atoms with Crippen molar-refractivity contribution in [1.82, 2.24) is 10.2 Å². The molecule has 2 aliphatic rings. The van der Waals surface area contributed by atoms with Gasteiger partial charge < -0.3 is 10.1 Å². The quantitative estimate of drug-likeness (QED) is 0.507. The smallest absolute Gasteiger partial charge is 0.329 e. The number of hydrogen-bond acceptors (Lipinski definition) is 5. The predicted molar refractivity (Wildman–Crippen MR) is 115 cm³/mol. The highest BCUT2D eigenvalue weighted by Crippen LogP contribution is 2.38. The molecule has 0 spiro atoms. The van der Waals surface area contributed by atoms with Crippen molar-refractivity contribution in [3.8, 4) is 0 Å². The van der Waals surface area contributed by atoms with Gasteiger partial charge in [0.1, 0.15) is 6.04 Å². The van der Waals surface area contributed by atoms with E-state index in [0.29, 0.717) is 31.7 Å². The molecule has 31 heavy (non-hydrogen) atoms. The van der Waals surface area contributed by atoms with Crippen LogP contribution in [0.4, 0.5) is 0 Å². The average molecular weight is 429 g/mol. The van der Waals surface area contributed by atoms with Crippen molar-refractivity contribution in [2.24, 2.45) is 11.8 Å². The van der Waals surface area contributed by atoms with Crippen molar-refractivity contribution < 1.29 is 23.9 Å². The number of nitrogens with one attached hydrogen (secondary N) is 1. The molecule has 1 aliphatic heterocycles. The van der Waals surface area contributed by atoms with Gasteiger partial charge in [-0.3, -0.25) is 19.3 Å². The van der Waals surface area contributed by atoms with Crippen LogP contribution in [0.15, 0.2) is 24.3 Å². The zero-order chi connectivity index (χ0) is 22.5. The van der Waals surface area contributed by atoms with Crippen LogP contribution in [0.1, 0.15) is 63.5 Å². The lowest BCUT2D eigenvalue weighted by Crippen LogP contribution is -2.45. The van der Waals surface area contributed by atoms with E-state index in [1.54, 1.807) is 0 Å². The summed E-state index contributed by atoms with van der Waals surface area (Å²) in [6, 6.07) is 7.25. The summed E-state index contributed by atoms with van der Waals surface area (Å²) in [4.78, 5) is 50.6. The van der Waals surface area contributed by atoms with E-state index in [1.807, 2.05) is 12.1 Å². The molecule has 1 heterocycles. The van der Waals surface area contributed by atoms with Crippen molar-refractivity contribution in [2.75, 3.05) is 13.2 Å².